The van der Waals surface area contributed by atoms with E-state index in [-0.39, 0.29) is 5.69 Å². The van der Waals surface area contributed by atoms with Gasteiger partial charge in [-0.25, -0.2) is 0 Å². The van der Waals surface area contributed by atoms with Crippen LogP contribution < -0.4 is 11.1 Å². The Morgan fingerprint density at radius 2 is 2.06 bits per heavy atom. The third-order valence-corrected chi connectivity index (χ3v) is 2.28. The summed E-state index contributed by atoms with van der Waals surface area (Å²) in [7, 11) is 1.64. The van der Waals surface area contributed by atoms with Gasteiger partial charge in [-0.1, -0.05) is 12.1 Å². The Morgan fingerprint density at radius 3 is 2.44 bits per heavy atom. The topological polar surface area (TPSA) is 98.3 Å². The van der Waals surface area contributed by atoms with Gasteiger partial charge in [-0.15, -0.1) is 0 Å². The molecule has 0 radical (unpaired) electrons. The number of rotatable bonds is 5. The van der Waals surface area contributed by atoms with E-state index in [0.717, 1.165) is 5.56 Å². The van der Waals surface area contributed by atoms with Crippen molar-refractivity contribution in [2.45, 2.75) is 12.5 Å². The molecule has 0 saturated carbocycles. The maximum absolute atomic E-state index is 11.0. The number of amides is 1. The lowest BCUT2D eigenvalue weighted by Crippen LogP contribution is -2.40. The molecular formula is C10H13N3O3. The van der Waals surface area contributed by atoms with Gasteiger partial charge in [0.25, 0.3) is 5.69 Å². The van der Waals surface area contributed by atoms with Crippen molar-refractivity contribution < 1.29 is 9.72 Å². The highest BCUT2D eigenvalue weighted by Gasteiger charge is 2.13. The molecular weight excluding hydrogens is 210 g/mol. The maximum atomic E-state index is 11.0. The number of nitro groups is 1. The first-order chi connectivity index (χ1) is 7.54. The second-order valence-corrected chi connectivity index (χ2v) is 3.37. The molecule has 0 aliphatic rings. The number of likely N-dealkylation sites (N-methyl/N-ethyl adjacent to an activating group) is 1. The lowest BCUT2D eigenvalue weighted by atomic mass is 10.1. The number of hydrogen-bond donors (Lipinski definition) is 2. The van der Waals surface area contributed by atoms with Crippen LogP contribution in [0.4, 0.5) is 5.69 Å². The van der Waals surface area contributed by atoms with Gasteiger partial charge in [-0.05, 0) is 19.0 Å². The number of carbonyl (C=O) groups excluding carboxylic acids is 1. The van der Waals surface area contributed by atoms with Gasteiger partial charge in [0.2, 0.25) is 5.91 Å². The Kier molecular flexibility index (Phi) is 3.96. The van der Waals surface area contributed by atoms with Crippen molar-refractivity contribution in [3.63, 3.8) is 0 Å². The second kappa shape index (κ2) is 5.22. The zero-order valence-corrected chi connectivity index (χ0v) is 8.84. The molecule has 6 nitrogen and oxygen atoms in total. The Hall–Kier alpha value is -1.95. The Balaban J connectivity index is 2.75. The van der Waals surface area contributed by atoms with Crippen LogP contribution >= 0.6 is 0 Å². The third-order valence-electron chi connectivity index (χ3n) is 2.28. The van der Waals surface area contributed by atoms with Crippen LogP contribution in [0.2, 0.25) is 0 Å². The molecule has 6 heteroatoms. The SMILES string of the molecule is CN[C@@H](Cc1ccc([N+](=O)[O-])cc1)C(N)=O. The van der Waals surface area contributed by atoms with Gasteiger partial charge in [-0.2, -0.15) is 0 Å². The van der Waals surface area contributed by atoms with Crippen LogP contribution in [0.25, 0.3) is 0 Å². The molecule has 3 N–H and O–H groups in total. The molecule has 1 aromatic rings. The number of primary amides is 1. The fraction of sp³-hybridized carbons (Fsp3) is 0.300. The van der Waals surface area contributed by atoms with E-state index in [2.05, 4.69) is 5.32 Å². The predicted octanol–water partition coefficient (Wildman–Crippen LogP) is 0.211. The number of nitrogens with zero attached hydrogens (tertiary/aromatic N) is 1. The van der Waals surface area contributed by atoms with Gasteiger partial charge in [0, 0.05) is 12.1 Å². The summed E-state index contributed by atoms with van der Waals surface area (Å²) in [5.41, 5.74) is 6.02. The zero-order chi connectivity index (χ0) is 12.1. The van der Waals surface area contributed by atoms with Crippen molar-refractivity contribution in [1.82, 2.24) is 5.32 Å². The summed E-state index contributed by atoms with van der Waals surface area (Å²) in [6.45, 7) is 0. The molecule has 1 atom stereocenters. The van der Waals surface area contributed by atoms with Gasteiger partial charge in [0.15, 0.2) is 0 Å². The van der Waals surface area contributed by atoms with E-state index in [4.69, 9.17) is 5.73 Å². The van der Waals surface area contributed by atoms with E-state index in [9.17, 15) is 14.9 Å². The summed E-state index contributed by atoms with van der Waals surface area (Å²) in [6, 6.07) is 5.59. The molecule has 0 aromatic heterocycles. The minimum atomic E-state index is -0.465. The summed E-state index contributed by atoms with van der Waals surface area (Å²) in [5, 5.41) is 13.2. The average molecular weight is 223 g/mol. The van der Waals surface area contributed by atoms with Crippen molar-refractivity contribution in [3.05, 3.63) is 39.9 Å². The molecule has 1 amide bonds. The average Bonchev–Trinajstić information content (AvgIpc) is 2.26. The van der Waals surface area contributed by atoms with E-state index in [1.54, 1.807) is 19.2 Å². The van der Waals surface area contributed by atoms with Crippen molar-refractivity contribution in [3.8, 4) is 0 Å². The third kappa shape index (κ3) is 3.03. The van der Waals surface area contributed by atoms with Crippen LogP contribution in [0.15, 0.2) is 24.3 Å². The molecule has 0 aliphatic carbocycles. The monoisotopic (exact) mass is 223 g/mol. The molecule has 0 aliphatic heterocycles. The summed E-state index contributed by atoms with van der Waals surface area (Å²) in [6.07, 6.45) is 0.420. The van der Waals surface area contributed by atoms with E-state index >= 15 is 0 Å². The maximum Gasteiger partial charge on any atom is 0.269 e. The number of non-ortho nitro benzene ring substituents is 1. The molecule has 1 aromatic carbocycles. The number of benzene rings is 1. The number of nitrogens with two attached hydrogens (primary N) is 1. The van der Waals surface area contributed by atoms with Crippen molar-refractivity contribution >= 4 is 11.6 Å². The highest BCUT2D eigenvalue weighted by molar-refractivity contribution is 5.80. The Labute approximate surface area is 92.6 Å². The summed E-state index contributed by atoms with van der Waals surface area (Å²) in [5.74, 6) is -0.444. The van der Waals surface area contributed by atoms with Gasteiger partial charge < -0.3 is 11.1 Å². The van der Waals surface area contributed by atoms with Crippen molar-refractivity contribution in [2.75, 3.05) is 7.05 Å². The minimum Gasteiger partial charge on any atom is -0.368 e. The smallest absolute Gasteiger partial charge is 0.269 e. The molecule has 0 heterocycles. The first kappa shape index (κ1) is 12.1. The van der Waals surface area contributed by atoms with Crippen LogP contribution in [0.3, 0.4) is 0 Å². The summed E-state index contributed by atoms with van der Waals surface area (Å²) >= 11 is 0. The fourth-order valence-electron chi connectivity index (χ4n) is 1.33. The fourth-order valence-corrected chi connectivity index (χ4v) is 1.33. The molecule has 86 valence electrons. The first-order valence-corrected chi connectivity index (χ1v) is 4.74. The van der Waals surface area contributed by atoms with Gasteiger partial charge >= 0.3 is 0 Å². The Bertz CT molecular complexity index is 389. The standard InChI is InChI=1S/C10H13N3O3/c1-12-9(10(11)14)6-7-2-4-8(5-3-7)13(15)16/h2-5,9,12H,6H2,1H3,(H2,11,14)/t9-/m0/s1. The lowest BCUT2D eigenvalue weighted by Gasteiger charge is -2.11. The van der Waals surface area contributed by atoms with Crippen LogP contribution in [0.5, 0.6) is 0 Å². The molecule has 0 bridgehead atoms. The number of hydrogen-bond acceptors (Lipinski definition) is 4. The van der Waals surface area contributed by atoms with E-state index < -0.39 is 16.9 Å². The molecule has 1 rings (SSSR count). The summed E-state index contributed by atoms with van der Waals surface area (Å²) < 4.78 is 0. The highest BCUT2D eigenvalue weighted by Crippen LogP contribution is 2.13. The second-order valence-electron chi connectivity index (χ2n) is 3.37. The first-order valence-electron chi connectivity index (χ1n) is 4.74. The zero-order valence-electron chi connectivity index (χ0n) is 8.84. The van der Waals surface area contributed by atoms with E-state index in [0.29, 0.717) is 6.42 Å². The van der Waals surface area contributed by atoms with Gasteiger partial charge in [0.1, 0.15) is 0 Å². The predicted molar refractivity (Wildman–Crippen MR) is 58.8 cm³/mol. The van der Waals surface area contributed by atoms with Crippen molar-refractivity contribution in [1.29, 1.82) is 0 Å². The molecule has 0 spiro atoms. The highest BCUT2D eigenvalue weighted by atomic mass is 16.6. The van der Waals surface area contributed by atoms with E-state index in [1.165, 1.54) is 12.1 Å². The molecule has 0 unspecified atom stereocenters. The van der Waals surface area contributed by atoms with Crippen LogP contribution in [-0.2, 0) is 11.2 Å². The normalized spacial score (nSPS) is 12.1. The van der Waals surface area contributed by atoms with Gasteiger partial charge in [0.05, 0.1) is 11.0 Å². The molecule has 0 fully saturated rings. The number of carbonyl (C=O) groups is 1. The molecule has 16 heavy (non-hydrogen) atoms. The largest absolute Gasteiger partial charge is 0.368 e. The van der Waals surface area contributed by atoms with E-state index in [1.807, 2.05) is 0 Å². The number of nitro benzene ring substituents is 1. The molecule has 0 saturated heterocycles. The quantitative estimate of drug-likeness (QED) is 0.550. The minimum absolute atomic E-state index is 0.0313. The van der Waals surface area contributed by atoms with Crippen LogP contribution in [0.1, 0.15) is 5.56 Å². The van der Waals surface area contributed by atoms with Gasteiger partial charge in [-0.3, -0.25) is 14.9 Å². The van der Waals surface area contributed by atoms with Crippen LogP contribution in [0, 0.1) is 10.1 Å². The summed E-state index contributed by atoms with van der Waals surface area (Å²) in [4.78, 5) is 20.9. The lowest BCUT2D eigenvalue weighted by molar-refractivity contribution is -0.384. The van der Waals surface area contributed by atoms with Crippen molar-refractivity contribution in [2.24, 2.45) is 5.73 Å². The Morgan fingerprint density at radius 1 is 1.50 bits per heavy atom. The number of nitrogens with one attached hydrogen (secondary N) is 1. The van der Waals surface area contributed by atoms with Crippen LogP contribution in [-0.4, -0.2) is 23.9 Å².